The molecule has 7 aromatic rings. The van der Waals surface area contributed by atoms with Crippen molar-refractivity contribution in [1.82, 2.24) is 29.1 Å². The summed E-state index contributed by atoms with van der Waals surface area (Å²) in [6, 6.07) is 33.8. The van der Waals surface area contributed by atoms with Gasteiger partial charge >= 0.3 is 0 Å². The van der Waals surface area contributed by atoms with E-state index in [1.54, 1.807) is 0 Å². The predicted octanol–water partition coefficient (Wildman–Crippen LogP) is 7.37. The molecule has 3 aromatic heterocycles. The fourth-order valence-corrected chi connectivity index (χ4v) is 7.60. The lowest BCUT2D eigenvalue weighted by molar-refractivity contribution is 0.0679. The molecule has 0 radical (unpaired) electrons. The Bertz CT molecular complexity index is 2290. The topological polar surface area (TPSA) is 92.3 Å². The van der Waals surface area contributed by atoms with Crippen molar-refractivity contribution in [2.24, 2.45) is 0 Å². The maximum absolute atomic E-state index is 5.86. The normalized spacial score (nSPS) is 18.6. The van der Waals surface area contributed by atoms with Crippen molar-refractivity contribution in [1.29, 1.82) is 0 Å². The molecule has 3 aliphatic rings. The quantitative estimate of drug-likeness (QED) is 0.185. The summed E-state index contributed by atoms with van der Waals surface area (Å²) >= 11 is 3.55. The average molecular weight is 743 g/mol. The number of nitrogens with zero attached hydrogens (tertiary/aromatic N) is 7. The molecule has 4 aromatic carbocycles. The largest absolute Gasteiger partial charge is 0.378 e. The first-order chi connectivity index (χ1) is 25.2. The van der Waals surface area contributed by atoms with Crippen molar-refractivity contribution < 1.29 is 14.2 Å². The van der Waals surface area contributed by atoms with Gasteiger partial charge in [-0.3, -0.25) is 0 Å². The summed E-state index contributed by atoms with van der Waals surface area (Å²) in [6.07, 6.45) is 3.81. The Morgan fingerprint density at radius 1 is 0.588 bits per heavy atom. The minimum atomic E-state index is 0.116. The van der Waals surface area contributed by atoms with Crippen molar-refractivity contribution in [2.75, 3.05) is 44.4 Å². The zero-order chi connectivity index (χ0) is 34.1. The SMILES string of the molecule is Brc1ccc2nc3n(c2c1)C(c1ccccc1)COC3.c1ccc(C2COCc3nc4ccc(-c5cnc(N6CCOCC6)nc5)cc4n32)cc1. The van der Waals surface area contributed by atoms with E-state index in [9.17, 15) is 0 Å². The molecule has 10 rings (SSSR count). The summed E-state index contributed by atoms with van der Waals surface area (Å²) in [4.78, 5) is 20.9. The van der Waals surface area contributed by atoms with Gasteiger partial charge in [0.1, 0.15) is 24.9 Å². The van der Waals surface area contributed by atoms with Crippen LogP contribution < -0.4 is 4.90 Å². The predicted molar refractivity (Wildman–Crippen MR) is 200 cm³/mol. The molecule has 3 aliphatic heterocycles. The molecule has 0 aliphatic carbocycles. The van der Waals surface area contributed by atoms with Gasteiger partial charge in [0, 0.05) is 35.5 Å². The van der Waals surface area contributed by atoms with E-state index in [4.69, 9.17) is 19.2 Å². The number of hydrogen-bond donors (Lipinski definition) is 0. The highest BCUT2D eigenvalue weighted by Gasteiger charge is 2.27. The summed E-state index contributed by atoms with van der Waals surface area (Å²) < 4.78 is 22.7. The third kappa shape index (κ3) is 6.31. The summed E-state index contributed by atoms with van der Waals surface area (Å²) in [5, 5.41) is 0. The van der Waals surface area contributed by atoms with Crippen molar-refractivity contribution in [3.8, 4) is 11.1 Å². The number of rotatable bonds is 4. The molecule has 0 saturated carbocycles. The fraction of sp³-hybridized carbons (Fsp3) is 0.250. The minimum absolute atomic E-state index is 0.116. The zero-order valence-electron chi connectivity index (χ0n) is 27.9. The monoisotopic (exact) mass is 741 g/mol. The van der Waals surface area contributed by atoms with Crippen LogP contribution in [0.3, 0.4) is 0 Å². The molecular weight excluding hydrogens is 706 g/mol. The number of hydrogen-bond acceptors (Lipinski definition) is 8. The van der Waals surface area contributed by atoms with Crippen molar-refractivity contribution >= 4 is 43.9 Å². The average Bonchev–Trinajstić information content (AvgIpc) is 3.77. The maximum Gasteiger partial charge on any atom is 0.225 e. The Morgan fingerprint density at radius 3 is 1.73 bits per heavy atom. The van der Waals surface area contributed by atoms with E-state index in [-0.39, 0.29) is 12.1 Å². The van der Waals surface area contributed by atoms with Crippen molar-refractivity contribution in [2.45, 2.75) is 25.3 Å². The van der Waals surface area contributed by atoms with E-state index in [0.717, 1.165) is 81.6 Å². The van der Waals surface area contributed by atoms with Gasteiger partial charge in [0.2, 0.25) is 5.95 Å². The first kappa shape index (κ1) is 32.0. The number of anilines is 1. The van der Waals surface area contributed by atoms with Crippen LogP contribution in [0.4, 0.5) is 5.95 Å². The number of fused-ring (bicyclic) bond motifs is 6. The first-order valence-corrected chi connectivity index (χ1v) is 18.1. The molecular formula is C40H36BrN7O3. The molecule has 0 spiro atoms. The van der Waals surface area contributed by atoms with E-state index in [2.05, 4.69) is 118 Å². The lowest BCUT2D eigenvalue weighted by Gasteiger charge is -2.27. The van der Waals surface area contributed by atoms with Gasteiger partial charge in [-0.15, -0.1) is 0 Å². The third-order valence-corrected chi connectivity index (χ3v) is 10.3. The third-order valence-electron chi connectivity index (χ3n) is 9.76. The van der Waals surface area contributed by atoms with E-state index in [1.165, 1.54) is 11.1 Å². The van der Waals surface area contributed by atoms with Crippen LogP contribution in [-0.2, 0) is 27.4 Å². The number of aromatic nitrogens is 6. The van der Waals surface area contributed by atoms with Gasteiger partial charge in [-0.1, -0.05) is 82.7 Å². The smallest absolute Gasteiger partial charge is 0.225 e. The number of imidazole rings is 2. The van der Waals surface area contributed by atoms with Crippen LogP contribution in [0.2, 0.25) is 0 Å². The van der Waals surface area contributed by atoms with Gasteiger partial charge in [0.05, 0.1) is 60.6 Å². The first-order valence-electron chi connectivity index (χ1n) is 17.3. The van der Waals surface area contributed by atoms with Gasteiger partial charge in [-0.05, 0) is 47.0 Å². The van der Waals surface area contributed by atoms with Crippen LogP contribution in [-0.4, -0.2) is 68.6 Å². The van der Waals surface area contributed by atoms with Crippen molar-refractivity contribution in [3.05, 3.63) is 137 Å². The zero-order valence-corrected chi connectivity index (χ0v) is 29.5. The van der Waals surface area contributed by atoms with Crippen LogP contribution in [0.15, 0.2) is 114 Å². The summed E-state index contributed by atoms with van der Waals surface area (Å²) in [5.74, 6) is 2.72. The molecule has 0 bridgehead atoms. The Labute approximate surface area is 303 Å². The van der Waals surface area contributed by atoms with Crippen LogP contribution in [0, 0.1) is 0 Å². The molecule has 0 N–H and O–H groups in total. The van der Waals surface area contributed by atoms with Crippen molar-refractivity contribution in [3.63, 3.8) is 0 Å². The van der Waals surface area contributed by atoms with E-state index >= 15 is 0 Å². The molecule has 11 heteroatoms. The maximum atomic E-state index is 5.86. The summed E-state index contributed by atoms with van der Waals surface area (Å²) in [5.41, 5.74) is 8.85. The van der Waals surface area contributed by atoms with E-state index < -0.39 is 0 Å². The highest BCUT2D eigenvalue weighted by molar-refractivity contribution is 9.10. The second kappa shape index (κ2) is 14.0. The van der Waals surface area contributed by atoms with Crippen LogP contribution in [0.25, 0.3) is 33.2 Å². The molecule has 0 amide bonds. The molecule has 10 nitrogen and oxygen atoms in total. The number of benzene rings is 4. The minimum Gasteiger partial charge on any atom is -0.378 e. The Kier molecular flexibility index (Phi) is 8.78. The fourth-order valence-electron chi connectivity index (χ4n) is 7.25. The number of halogens is 1. The summed E-state index contributed by atoms with van der Waals surface area (Å²) in [6.45, 7) is 5.55. The van der Waals surface area contributed by atoms with Crippen LogP contribution in [0.1, 0.15) is 34.9 Å². The molecule has 256 valence electrons. The highest BCUT2D eigenvalue weighted by Crippen LogP contribution is 2.34. The molecule has 51 heavy (non-hydrogen) atoms. The molecule has 2 atom stereocenters. The van der Waals surface area contributed by atoms with E-state index in [1.807, 2.05) is 36.7 Å². The number of morpholine rings is 1. The van der Waals surface area contributed by atoms with Gasteiger partial charge in [0.15, 0.2) is 0 Å². The van der Waals surface area contributed by atoms with E-state index in [0.29, 0.717) is 26.4 Å². The number of ether oxygens (including phenoxy) is 3. The van der Waals surface area contributed by atoms with Gasteiger partial charge in [0.25, 0.3) is 0 Å². The summed E-state index contributed by atoms with van der Waals surface area (Å²) in [7, 11) is 0. The van der Waals surface area contributed by atoms with Crippen LogP contribution >= 0.6 is 15.9 Å². The Hall–Kier alpha value is -4.94. The second-order valence-corrected chi connectivity index (χ2v) is 13.8. The van der Waals surface area contributed by atoms with Gasteiger partial charge in [-0.2, -0.15) is 0 Å². The Balaban J connectivity index is 0.000000150. The molecule has 1 saturated heterocycles. The van der Waals surface area contributed by atoms with Gasteiger partial charge in [-0.25, -0.2) is 19.9 Å². The van der Waals surface area contributed by atoms with Gasteiger partial charge < -0.3 is 28.2 Å². The van der Waals surface area contributed by atoms with Crippen LogP contribution in [0.5, 0.6) is 0 Å². The molecule has 2 unspecified atom stereocenters. The standard InChI is InChI=1S/C24H23N5O2.C16H13BrN2O/c1-2-4-17(5-3-1)22-15-31-16-23-27-20-7-6-18(12-21(20)29(22)23)19-13-25-24(26-14-19)28-8-10-30-11-9-28;17-12-6-7-13-14(8-12)19-15(9-20-10-16(19)18-13)11-4-2-1-3-5-11/h1-7,12-14,22H,8-11,15-16H2;1-8,15H,9-10H2. The Morgan fingerprint density at radius 2 is 1.14 bits per heavy atom. The molecule has 1 fully saturated rings. The highest BCUT2D eigenvalue weighted by atomic mass is 79.9. The lowest BCUT2D eigenvalue weighted by Crippen LogP contribution is -2.37. The lowest BCUT2D eigenvalue weighted by atomic mass is 10.1. The molecule has 6 heterocycles. The second-order valence-electron chi connectivity index (χ2n) is 12.9.